The van der Waals surface area contributed by atoms with Gasteiger partial charge in [-0.25, -0.2) is 0 Å². The Kier molecular flexibility index (Phi) is 3.74. The molecule has 0 spiro atoms. The Balaban J connectivity index is 1.73. The summed E-state index contributed by atoms with van der Waals surface area (Å²) in [5.74, 6) is 0.130. The number of anilines is 1. The molecule has 20 heavy (non-hydrogen) atoms. The van der Waals surface area contributed by atoms with Crippen molar-refractivity contribution >= 4 is 22.9 Å². The van der Waals surface area contributed by atoms with Crippen molar-refractivity contribution in [3.63, 3.8) is 0 Å². The van der Waals surface area contributed by atoms with Crippen LogP contribution in [0.5, 0.6) is 0 Å². The molecular weight excluding hydrogens is 268 g/mol. The Hall–Kier alpha value is -1.81. The third kappa shape index (κ3) is 2.56. The first-order chi connectivity index (χ1) is 9.78. The second kappa shape index (κ2) is 5.67. The summed E-state index contributed by atoms with van der Waals surface area (Å²) in [6.07, 6.45) is 0.980. The largest absolute Gasteiger partial charge is 0.385 e. The molecule has 0 saturated carbocycles. The number of fused-ring (bicyclic) bond motifs is 1. The van der Waals surface area contributed by atoms with Gasteiger partial charge in [0, 0.05) is 35.8 Å². The number of thiophene rings is 1. The Bertz CT molecular complexity index is 603. The smallest absolute Gasteiger partial charge is 0.254 e. The molecule has 0 unspecified atom stereocenters. The van der Waals surface area contributed by atoms with Crippen molar-refractivity contribution in [2.45, 2.75) is 19.9 Å². The highest BCUT2D eigenvalue weighted by atomic mass is 32.1. The summed E-state index contributed by atoms with van der Waals surface area (Å²) in [7, 11) is 0. The first kappa shape index (κ1) is 13.2. The lowest BCUT2D eigenvalue weighted by Gasteiger charge is -2.27. The third-order valence-electron chi connectivity index (χ3n) is 3.61. The van der Waals surface area contributed by atoms with E-state index in [9.17, 15) is 4.79 Å². The van der Waals surface area contributed by atoms with Gasteiger partial charge in [-0.05, 0) is 54.6 Å². The molecule has 1 N–H and O–H groups in total. The number of benzene rings is 1. The molecule has 0 radical (unpaired) electrons. The van der Waals surface area contributed by atoms with Gasteiger partial charge < -0.3 is 10.2 Å². The fourth-order valence-corrected chi connectivity index (χ4v) is 3.43. The fourth-order valence-electron chi connectivity index (χ4n) is 2.54. The van der Waals surface area contributed by atoms with E-state index in [1.54, 1.807) is 11.3 Å². The van der Waals surface area contributed by atoms with E-state index in [2.05, 4.69) is 23.7 Å². The molecule has 1 amide bonds. The Labute approximate surface area is 123 Å². The van der Waals surface area contributed by atoms with Crippen molar-refractivity contribution in [2.24, 2.45) is 0 Å². The van der Waals surface area contributed by atoms with Crippen molar-refractivity contribution in [3.8, 4) is 0 Å². The van der Waals surface area contributed by atoms with Crippen LogP contribution in [0, 0.1) is 0 Å². The number of hydrogen-bond acceptors (Lipinski definition) is 3. The van der Waals surface area contributed by atoms with Gasteiger partial charge in [-0.1, -0.05) is 0 Å². The Morgan fingerprint density at radius 1 is 1.30 bits per heavy atom. The summed E-state index contributed by atoms with van der Waals surface area (Å²) < 4.78 is 0. The summed E-state index contributed by atoms with van der Waals surface area (Å²) in [5, 5.41) is 5.35. The van der Waals surface area contributed by atoms with E-state index in [1.807, 2.05) is 29.2 Å². The highest BCUT2D eigenvalue weighted by Crippen LogP contribution is 2.25. The van der Waals surface area contributed by atoms with Gasteiger partial charge in [0.1, 0.15) is 0 Å². The lowest BCUT2D eigenvalue weighted by Crippen LogP contribution is -2.35. The third-order valence-corrected chi connectivity index (χ3v) is 4.63. The van der Waals surface area contributed by atoms with Crippen LogP contribution in [0.4, 0.5) is 5.69 Å². The van der Waals surface area contributed by atoms with Crippen molar-refractivity contribution in [2.75, 3.05) is 18.4 Å². The zero-order chi connectivity index (χ0) is 13.9. The van der Waals surface area contributed by atoms with E-state index >= 15 is 0 Å². The standard InChI is InChI=1S/C16H18N2OS/c1-2-17-14-5-3-12(4-6-14)16(19)18-9-7-15-13(11-18)8-10-20-15/h3-6,8,10,17H,2,7,9,11H2,1H3. The Morgan fingerprint density at radius 3 is 2.85 bits per heavy atom. The summed E-state index contributed by atoms with van der Waals surface area (Å²) in [4.78, 5) is 15.9. The van der Waals surface area contributed by atoms with Crippen molar-refractivity contribution in [1.29, 1.82) is 0 Å². The highest BCUT2D eigenvalue weighted by Gasteiger charge is 2.22. The number of hydrogen-bond donors (Lipinski definition) is 1. The van der Waals surface area contributed by atoms with Crippen LogP contribution in [0.1, 0.15) is 27.7 Å². The van der Waals surface area contributed by atoms with Crippen LogP contribution in [0.25, 0.3) is 0 Å². The molecule has 0 atom stereocenters. The van der Waals surface area contributed by atoms with Gasteiger partial charge in [0.05, 0.1) is 0 Å². The molecule has 1 aliphatic rings. The van der Waals surface area contributed by atoms with E-state index in [4.69, 9.17) is 0 Å². The zero-order valence-electron chi connectivity index (χ0n) is 11.6. The lowest BCUT2D eigenvalue weighted by atomic mass is 10.1. The maximum Gasteiger partial charge on any atom is 0.254 e. The average molecular weight is 286 g/mol. The van der Waals surface area contributed by atoms with Crippen molar-refractivity contribution in [3.05, 3.63) is 51.7 Å². The van der Waals surface area contributed by atoms with Gasteiger partial charge in [-0.15, -0.1) is 11.3 Å². The highest BCUT2D eigenvalue weighted by molar-refractivity contribution is 7.10. The van der Waals surface area contributed by atoms with E-state index in [-0.39, 0.29) is 5.91 Å². The number of carbonyl (C=O) groups excluding carboxylic acids is 1. The van der Waals surface area contributed by atoms with Crippen LogP contribution >= 0.6 is 11.3 Å². The number of rotatable bonds is 3. The summed E-state index contributed by atoms with van der Waals surface area (Å²) in [6.45, 7) is 4.51. The molecule has 0 fully saturated rings. The predicted octanol–water partition coefficient (Wildman–Crippen LogP) is 3.38. The van der Waals surface area contributed by atoms with Crippen molar-refractivity contribution in [1.82, 2.24) is 4.90 Å². The van der Waals surface area contributed by atoms with E-state index in [1.165, 1.54) is 10.4 Å². The molecule has 104 valence electrons. The van der Waals surface area contributed by atoms with E-state index in [0.717, 1.165) is 37.3 Å². The summed E-state index contributed by atoms with van der Waals surface area (Å²) >= 11 is 1.80. The second-order valence-electron chi connectivity index (χ2n) is 4.95. The SMILES string of the molecule is CCNc1ccc(C(=O)N2CCc3sccc3C2)cc1. The molecule has 2 aromatic rings. The molecule has 1 aromatic carbocycles. The first-order valence-corrected chi connectivity index (χ1v) is 7.84. The number of nitrogens with zero attached hydrogens (tertiary/aromatic N) is 1. The van der Waals surface area contributed by atoms with Crippen LogP contribution in [0.3, 0.4) is 0 Å². The van der Waals surface area contributed by atoms with E-state index < -0.39 is 0 Å². The maximum absolute atomic E-state index is 12.5. The minimum absolute atomic E-state index is 0.130. The molecule has 3 nitrogen and oxygen atoms in total. The monoisotopic (exact) mass is 286 g/mol. The quantitative estimate of drug-likeness (QED) is 0.938. The predicted molar refractivity (Wildman–Crippen MR) is 83.4 cm³/mol. The molecule has 0 aliphatic carbocycles. The topological polar surface area (TPSA) is 32.3 Å². The van der Waals surface area contributed by atoms with Crippen LogP contribution in [-0.4, -0.2) is 23.9 Å². The van der Waals surface area contributed by atoms with Crippen molar-refractivity contribution < 1.29 is 4.79 Å². The number of amides is 1. The molecule has 0 bridgehead atoms. The second-order valence-corrected chi connectivity index (χ2v) is 5.95. The minimum atomic E-state index is 0.130. The molecule has 0 saturated heterocycles. The molecule has 4 heteroatoms. The normalized spacial score (nSPS) is 13.9. The van der Waals surface area contributed by atoms with Gasteiger partial charge >= 0.3 is 0 Å². The molecule has 3 rings (SSSR count). The first-order valence-electron chi connectivity index (χ1n) is 6.96. The van der Waals surface area contributed by atoms with Gasteiger partial charge in [0.25, 0.3) is 5.91 Å². The lowest BCUT2D eigenvalue weighted by molar-refractivity contribution is 0.0736. The van der Waals surface area contributed by atoms with Crippen LogP contribution < -0.4 is 5.32 Å². The molecule has 1 aliphatic heterocycles. The van der Waals surface area contributed by atoms with Crippen LogP contribution in [0.2, 0.25) is 0 Å². The van der Waals surface area contributed by atoms with Gasteiger partial charge in [-0.3, -0.25) is 4.79 Å². The summed E-state index contributed by atoms with van der Waals surface area (Å²) in [6, 6.07) is 9.88. The van der Waals surface area contributed by atoms with Gasteiger partial charge in [-0.2, -0.15) is 0 Å². The zero-order valence-corrected chi connectivity index (χ0v) is 12.4. The van der Waals surface area contributed by atoms with E-state index in [0.29, 0.717) is 0 Å². The minimum Gasteiger partial charge on any atom is -0.385 e. The van der Waals surface area contributed by atoms with Gasteiger partial charge in [0.15, 0.2) is 0 Å². The fraction of sp³-hybridized carbons (Fsp3) is 0.312. The molecule has 1 aromatic heterocycles. The maximum atomic E-state index is 12.5. The molecule has 2 heterocycles. The molecular formula is C16H18N2OS. The van der Waals surface area contributed by atoms with Crippen LogP contribution in [0.15, 0.2) is 35.7 Å². The van der Waals surface area contributed by atoms with Gasteiger partial charge in [0.2, 0.25) is 0 Å². The van der Waals surface area contributed by atoms with Crippen LogP contribution in [-0.2, 0) is 13.0 Å². The number of nitrogens with one attached hydrogen (secondary N) is 1. The number of carbonyl (C=O) groups is 1. The average Bonchev–Trinajstić information content (AvgIpc) is 2.95. The summed E-state index contributed by atoms with van der Waals surface area (Å²) in [5.41, 5.74) is 3.13. The Morgan fingerprint density at radius 2 is 2.10 bits per heavy atom.